The molecule has 0 bridgehead atoms. The molecule has 0 radical (unpaired) electrons. The first-order chi connectivity index (χ1) is 8.58. The van der Waals surface area contributed by atoms with Gasteiger partial charge in [0.25, 0.3) is 5.69 Å². The van der Waals surface area contributed by atoms with Crippen molar-refractivity contribution in [2.75, 3.05) is 0 Å². The van der Waals surface area contributed by atoms with Crippen LogP contribution in [0, 0.1) is 10.1 Å². The van der Waals surface area contributed by atoms with Gasteiger partial charge in [-0.1, -0.05) is 17.8 Å². The average molecular weight is 281 g/mol. The van der Waals surface area contributed by atoms with Gasteiger partial charge in [-0.2, -0.15) is 0 Å². The summed E-state index contributed by atoms with van der Waals surface area (Å²) in [5, 5.41) is 21.6. The van der Waals surface area contributed by atoms with Gasteiger partial charge in [-0.15, -0.1) is 11.3 Å². The van der Waals surface area contributed by atoms with Crippen LogP contribution in [-0.4, -0.2) is 16.0 Å². The third-order valence-electron chi connectivity index (χ3n) is 2.11. The molecule has 0 spiro atoms. The number of nitro groups is 1. The number of hydrogen-bond acceptors (Lipinski definition) is 5. The number of nitrogens with zero attached hydrogens (tertiary/aromatic N) is 1. The first-order valence-electron chi connectivity index (χ1n) is 4.81. The zero-order chi connectivity index (χ0) is 13.1. The molecule has 0 saturated heterocycles. The molecule has 0 amide bonds. The lowest BCUT2D eigenvalue weighted by molar-refractivity contribution is -0.384. The van der Waals surface area contributed by atoms with Gasteiger partial charge in [-0.25, -0.2) is 4.79 Å². The van der Waals surface area contributed by atoms with Crippen LogP contribution in [0.2, 0.25) is 0 Å². The topological polar surface area (TPSA) is 80.4 Å². The van der Waals surface area contributed by atoms with E-state index in [1.54, 1.807) is 0 Å². The molecule has 5 nitrogen and oxygen atoms in total. The zero-order valence-electron chi connectivity index (χ0n) is 8.90. The first kappa shape index (κ1) is 12.6. The minimum Gasteiger partial charge on any atom is -0.478 e. The van der Waals surface area contributed by atoms with Crippen LogP contribution in [0.25, 0.3) is 0 Å². The zero-order valence-corrected chi connectivity index (χ0v) is 10.5. The summed E-state index contributed by atoms with van der Waals surface area (Å²) in [6.45, 7) is 0. The van der Waals surface area contributed by atoms with Gasteiger partial charge in [0.1, 0.15) is 0 Å². The van der Waals surface area contributed by atoms with Crippen LogP contribution in [0.1, 0.15) is 10.4 Å². The summed E-state index contributed by atoms with van der Waals surface area (Å²) >= 11 is 2.77. The normalized spacial score (nSPS) is 10.2. The van der Waals surface area contributed by atoms with E-state index < -0.39 is 10.9 Å². The maximum Gasteiger partial charge on any atom is 0.337 e. The van der Waals surface area contributed by atoms with Gasteiger partial charge in [0.05, 0.1) is 14.7 Å². The predicted octanol–water partition coefficient (Wildman–Crippen LogP) is 3.51. The van der Waals surface area contributed by atoms with Crippen LogP contribution >= 0.6 is 23.1 Å². The van der Waals surface area contributed by atoms with Crippen LogP contribution in [-0.2, 0) is 0 Å². The van der Waals surface area contributed by atoms with Crippen LogP contribution in [0.5, 0.6) is 0 Å². The molecule has 92 valence electrons. The molecule has 2 aromatic rings. The van der Waals surface area contributed by atoms with Crippen molar-refractivity contribution in [1.82, 2.24) is 0 Å². The molecule has 18 heavy (non-hydrogen) atoms. The molecule has 0 aliphatic carbocycles. The molecule has 2 rings (SSSR count). The number of aromatic carboxylic acids is 1. The van der Waals surface area contributed by atoms with E-state index in [-0.39, 0.29) is 11.3 Å². The quantitative estimate of drug-likeness (QED) is 0.685. The Balaban J connectivity index is 2.40. The van der Waals surface area contributed by atoms with Gasteiger partial charge in [0.15, 0.2) is 0 Å². The number of carboxylic acid groups (broad SMARTS) is 1. The van der Waals surface area contributed by atoms with E-state index in [1.807, 2.05) is 17.5 Å². The van der Waals surface area contributed by atoms with Gasteiger partial charge < -0.3 is 5.11 Å². The van der Waals surface area contributed by atoms with Crippen molar-refractivity contribution in [2.24, 2.45) is 0 Å². The van der Waals surface area contributed by atoms with Crippen molar-refractivity contribution in [3.8, 4) is 0 Å². The summed E-state index contributed by atoms with van der Waals surface area (Å²) in [5.74, 6) is -1.17. The molecular weight excluding hydrogens is 274 g/mol. The summed E-state index contributed by atoms with van der Waals surface area (Å²) in [7, 11) is 0. The fourth-order valence-corrected chi connectivity index (χ4v) is 3.15. The van der Waals surface area contributed by atoms with Crippen molar-refractivity contribution >= 4 is 34.8 Å². The molecule has 1 heterocycles. The molecule has 0 saturated carbocycles. The second-order valence-electron chi connectivity index (χ2n) is 3.28. The van der Waals surface area contributed by atoms with Gasteiger partial charge >= 0.3 is 5.97 Å². The van der Waals surface area contributed by atoms with Crippen LogP contribution < -0.4 is 0 Å². The summed E-state index contributed by atoms with van der Waals surface area (Å²) in [6.07, 6.45) is 0. The summed E-state index contributed by atoms with van der Waals surface area (Å²) < 4.78 is 0.936. The molecular formula is C11H7NO4S2. The molecule has 1 aromatic carbocycles. The maximum absolute atomic E-state index is 11.1. The highest BCUT2D eigenvalue weighted by Crippen LogP contribution is 2.34. The van der Waals surface area contributed by atoms with E-state index in [2.05, 4.69) is 0 Å². The number of hydrogen-bond donors (Lipinski definition) is 1. The Morgan fingerprint density at radius 1 is 1.39 bits per heavy atom. The summed E-state index contributed by atoms with van der Waals surface area (Å²) in [5.41, 5.74) is -0.273. The van der Waals surface area contributed by atoms with Crippen molar-refractivity contribution in [3.05, 3.63) is 51.4 Å². The average Bonchev–Trinajstić information content (AvgIpc) is 2.81. The fraction of sp³-hybridized carbons (Fsp3) is 0. The van der Waals surface area contributed by atoms with Crippen LogP contribution in [0.4, 0.5) is 5.69 Å². The molecule has 7 heteroatoms. The second-order valence-corrected chi connectivity index (χ2v) is 5.57. The van der Waals surface area contributed by atoms with E-state index in [9.17, 15) is 14.9 Å². The van der Waals surface area contributed by atoms with E-state index in [4.69, 9.17) is 5.11 Å². The highest BCUT2D eigenvalue weighted by Gasteiger charge is 2.16. The SMILES string of the molecule is O=C(O)c1cc([N+](=O)[O-])ccc1Sc1cccs1. The minimum absolute atomic E-state index is 0.0531. The third kappa shape index (κ3) is 2.69. The van der Waals surface area contributed by atoms with Gasteiger partial charge in [-0.3, -0.25) is 10.1 Å². The Kier molecular flexibility index (Phi) is 3.63. The van der Waals surface area contributed by atoms with Gasteiger partial charge in [-0.05, 0) is 17.5 Å². The summed E-state index contributed by atoms with van der Waals surface area (Å²) in [4.78, 5) is 21.6. The largest absolute Gasteiger partial charge is 0.478 e. The lowest BCUT2D eigenvalue weighted by Crippen LogP contribution is -2.00. The van der Waals surface area contributed by atoms with Crippen molar-refractivity contribution in [2.45, 2.75) is 9.10 Å². The highest BCUT2D eigenvalue weighted by molar-refractivity contribution is 8.01. The highest BCUT2D eigenvalue weighted by atomic mass is 32.2. The minimum atomic E-state index is -1.17. The number of nitro benzene ring substituents is 1. The van der Waals surface area contributed by atoms with Crippen molar-refractivity contribution in [1.29, 1.82) is 0 Å². The first-order valence-corrected chi connectivity index (χ1v) is 6.50. The van der Waals surface area contributed by atoms with E-state index in [0.29, 0.717) is 4.90 Å². The summed E-state index contributed by atoms with van der Waals surface area (Å²) in [6, 6.07) is 7.58. The lowest BCUT2D eigenvalue weighted by Gasteiger charge is -2.03. The standard InChI is InChI=1S/C11H7NO4S2/c13-11(14)8-6-7(12(15)16)3-4-9(8)18-10-2-1-5-17-10/h1-6H,(H,13,14). The maximum atomic E-state index is 11.1. The van der Waals surface area contributed by atoms with Gasteiger partial charge in [0.2, 0.25) is 0 Å². The molecule has 1 aromatic heterocycles. The van der Waals surface area contributed by atoms with Crippen LogP contribution in [0.15, 0.2) is 44.8 Å². The number of rotatable bonds is 4. The number of non-ortho nitro benzene ring substituents is 1. The monoisotopic (exact) mass is 281 g/mol. The van der Waals surface area contributed by atoms with Crippen LogP contribution in [0.3, 0.4) is 0 Å². The molecule has 1 N–H and O–H groups in total. The lowest BCUT2D eigenvalue weighted by atomic mass is 10.2. The molecule has 0 aliphatic heterocycles. The number of carboxylic acids is 1. The predicted molar refractivity (Wildman–Crippen MR) is 68.5 cm³/mol. The molecule has 0 fully saturated rings. The molecule has 0 unspecified atom stereocenters. The Morgan fingerprint density at radius 2 is 2.17 bits per heavy atom. The second kappa shape index (κ2) is 5.19. The Hall–Kier alpha value is -1.86. The Bertz CT molecular complexity index is 595. The Labute approximate surface area is 110 Å². The van der Waals surface area contributed by atoms with E-state index in [0.717, 1.165) is 10.3 Å². The molecule has 0 atom stereocenters. The fourth-order valence-electron chi connectivity index (χ4n) is 1.32. The van der Waals surface area contributed by atoms with E-state index >= 15 is 0 Å². The Morgan fingerprint density at radius 3 is 2.72 bits per heavy atom. The third-order valence-corrected chi connectivity index (χ3v) is 4.22. The van der Waals surface area contributed by atoms with E-state index in [1.165, 1.54) is 35.2 Å². The van der Waals surface area contributed by atoms with Crippen molar-refractivity contribution in [3.63, 3.8) is 0 Å². The number of thiophene rings is 1. The van der Waals surface area contributed by atoms with Crippen molar-refractivity contribution < 1.29 is 14.8 Å². The number of benzene rings is 1. The molecule has 0 aliphatic rings. The number of carbonyl (C=O) groups is 1. The van der Waals surface area contributed by atoms with Gasteiger partial charge in [0, 0.05) is 17.0 Å². The smallest absolute Gasteiger partial charge is 0.337 e.